The molecule has 0 bridgehead atoms. The molecule has 0 radical (unpaired) electrons. The number of quaternary nitrogens is 1. The van der Waals surface area contributed by atoms with E-state index in [0.717, 1.165) is 33.8 Å². The van der Waals surface area contributed by atoms with Crippen molar-refractivity contribution in [3.63, 3.8) is 0 Å². The zero-order valence-corrected chi connectivity index (χ0v) is 17.2. The van der Waals surface area contributed by atoms with E-state index in [1.807, 2.05) is 74.6 Å². The Bertz CT molecular complexity index is 787. The van der Waals surface area contributed by atoms with Crippen molar-refractivity contribution in [2.75, 3.05) is 44.4 Å². The van der Waals surface area contributed by atoms with Crippen LogP contribution in [0.5, 0.6) is 0 Å². The molecule has 6 nitrogen and oxygen atoms in total. The zero-order chi connectivity index (χ0) is 20.5. The molecule has 2 aromatic carbocycles. The lowest BCUT2D eigenvalue weighted by atomic mass is 10.1. The molecule has 0 fully saturated rings. The van der Waals surface area contributed by atoms with E-state index in [1.165, 1.54) is 0 Å². The van der Waals surface area contributed by atoms with Crippen LogP contribution < -0.4 is 20.4 Å². The molecule has 2 rings (SSSR count). The van der Waals surface area contributed by atoms with Gasteiger partial charge in [-0.1, -0.05) is 37.3 Å². The maximum Gasteiger partial charge on any atom is 0.279 e. The highest BCUT2D eigenvalue weighted by Crippen LogP contribution is 2.15. The Kier molecular flexibility index (Phi) is 8.02. The summed E-state index contributed by atoms with van der Waals surface area (Å²) in [6.45, 7) is 3.03. The molecule has 0 saturated heterocycles. The number of likely N-dealkylation sites (N-methyl/N-ethyl adjacent to an activating group) is 1. The number of aryl methyl sites for hydroxylation is 1. The van der Waals surface area contributed by atoms with Gasteiger partial charge in [-0.3, -0.25) is 9.59 Å². The number of rotatable bonds is 9. The molecule has 0 saturated carbocycles. The average molecular weight is 384 g/mol. The predicted octanol–water partition coefficient (Wildman–Crippen LogP) is 1.08. The third kappa shape index (κ3) is 6.70. The Morgan fingerprint density at radius 3 is 2.25 bits per heavy atom. The van der Waals surface area contributed by atoms with Crippen molar-refractivity contribution in [2.45, 2.75) is 19.9 Å². The summed E-state index contributed by atoms with van der Waals surface area (Å²) in [4.78, 5) is 27.3. The van der Waals surface area contributed by atoms with E-state index in [2.05, 4.69) is 17.6 Å². The minimum absolute atomic E-state index is 0.0732. The van der Waals surface area contributed by atoms with E-state index in [0.29, 0.717) is 6.54 Å². The number of nitrogens with one attached hydrogen (secondary N) is 3. The van der Waals surface area contributed by atoms with Crippen LogP contribution in [0.3, 0.4) is 0 Å². The van der Waals surface area contributed by atoms with Crippen molar-refractivity contribution in [1.29, 1.82) is 0 Å². The largest absolute Gasteiger partial charge is 0.378 e. The summed E-state index contributed by atoms with van der Waals surface area (Å²) in [6, 6.07) is 15.8. The van der Waals surface area contributed by atoms with Crippen LogP contribution in [-0.4, -0.2) is 46.0 Å². The Morgan fingerprint density at radius 1 is 0.964 bits per heavy atom. The number of amides is 2. The minimum atomic E-state index is -0.0922. The van der Waals surface area contributed by atoms with E-state index in [4.69, 9.17) is 0 Å². The second-order valence-corrected chi connectivity index (χ2v) is 7.21. The number of benzene rings is 2. The van der Waals surface area contributed by atoms with E-state index in [1.54, 1.807) is 0 Å². The standard InChI is InChI=1S/C22H30N4O2/c1-5-18-8-6-7-9-20(18)24-22(28)16-26(4)15-21(27)23-14-17-10-12-19(13-11-17)25(2)3/h6-13H,5,14-16H2,1-4H3,(H,23,27)(H,24,28)/p+1. The van der Waals surface area contributed by atoms with Crippen LogP contribution in [-0.2, 0) is 22.6 Å². The molecule has 2 amide bonds. The molecule has 3 N–H and O–H groups in total. The van der Waals surface area contributed by atoms with Gasteiger partial charge in [0.2, 0.25) is 0 Å². The highest BCUT2D eigenvalue weighted by atomic mass is 16.2. The number of anilines is 2. The Balaban J connectivity index is 1.76. The molecule has 1 unspecified atom stereocenters. The van der Waals surface area contributed by atoms with Crippen LogP contribution in [0.1, 0.15) is 18.1 Å². The number of carbonyl (C=O) groups excluding carboxylic acids is 2. The molecular weight excluding hydrogens is 352 g/mol. The maximum absolute atomic E-state index is 12.3. The van der Waals surface area contributed by atoms with Crippen molar-refractivity contribution in [2.24, 2.45) is 0 Å². The summed E-state index contributed by atoms with van der Waals surface area (Å²) in [7, 11) is 5.83. The van der Waals surface area contributed by atoms with Crippen LogP contribution >= 0.6 is 0 Å². The zero-order valence-electron chi connectivity index (χ0n) is 17.2. The van der Waals surface area contributed by atoms with Crippen molar-refractivity contribution in [1.82, 2.24) is 5.32 Å². The van der Waals surface area contributed by atoms with Crippen LogP contribution in [0.25, 0.3) is 0 Å². The lowest BCUT2D eigenvalue weighted by Gasteiger charge is -2.15. The third-order valence-electron chi connectivity index (χ3n) is 4.54. The summed E-state index contributed by atoms with van der Waals surface area (Å²) >= 11 is 0. The lowest BCUT2D eigenvalue weighted by Crippen LogP contribution is -3.11. The third-order valence-corrected chi connectivity index (χ3v) is 4.54. The molecule has 0 aliphatic heterocycles. The van der Waals surface area contributed by atoms with Gasteiger partial charge in [-0.2, -0.15) is 0 Å². The Morgan fingerprint density at radius 2 is 1.61 bits per heavy atom. The first kappa shape index (κ1) is 21.4. The van der Waals surface area contributed by atoms with Gasteiger partial charge < -0.3 is 20.4 Å². The van der Waals surface area contributed by atoms with Crippen molar-refractivity contribution in [3.05, 3.63) is 59.7 Å². The quantitative estimate of drug-likeness (QED) is 0.607. The Labute approximate surface area is 167 Å². The number of carbonyl (C=O) groups is 2. The van der Waals surface area contributed by atoms with Crippen molar-refractivity contribution >= 4 is 23.2 Å². The summed E-state index contributed by atoms with van der Waals surface area (Å²) in [5.41, 5.74) is 4.11. The molecule has 1 atom stereocenters. The predicted molar refractivity (Wildman–Crippen MR) is 114 cm³/mol. The fourth-order valence-electron chi connectivity index (χ4n) is 2.93. The van der Waals surface area contributed by atoms with Gasteiger partial charge in [-0.15, -0.1) is 0 Å². The molecule has 150 valence electrons. The number of para-hydroxylation sites is 1. The van der Waals surface area contributed by atoms with Gasteiger partial charge >= 0.3 is 0 Å². The van der Waals surface area contributed by atoms with Gasteiger partial charge in [0.25, 0.3) is 11.8 Å². The molecule has 0 heterocycles. The van der Waals surface area contributed by atoms with Gasteiger partial charge in [-0.25, -0.2) is 0 Å². The summed E-state index contributed by atoms with van der Waals surface area (Å²) in [5.74, 6) is -0.165. The van der Waals surface area contributed by atoms with Gasteiger partial charge in [-0.05, 0) is 35.7 Å². The highest BCUT2D eigenvalue weighted by Gasteiger charge is 2.15. The van der Waals surface area contributed by atoms with Crippen LogP contribution in [0, 0.1) is 0 Å². The van der Waals surface area contributed by atoms with Gasteiger partial charge in [0, 0.05) is 32.0 Å². The fourth-order valence-corrected chi connectivity index (χ4v) is 2.93. The molecular formula is C22H31N4O2+. The van der Waals surface area contributed by atoms with Gasteiger partial charge in [0.05, 0.1) is 7.05 Å². The molecule has 0 aliphatic carbocycles. The topological polar surface area (TPSA) is 65.9 Å². The first-order chi connectivity index (χ1) is 13.4. The summed E-state index contributed by atoms with van der Waals surface area (Å²) in [5, 5.41) is 5.86. The number of hydrogen-bond donors (Lipinski definition) is 3. The van der Waals surface area contributed by atoms with Crippen LogP contribution in [0.2, 0.25) is 0 Å². The second kappa shape index (κ2) is 10.5. The number of hydrogen-bond acceptors (Lipinski definition) is 3. The summed E-state index contributed by atoms with van der Waals surface area (Å²) in [6.07, 6.45) is 0.858. The van der Waals surface area contributed by atoms with Gasteiger partial charge in [0.15, 0.2) is 13.1 Å². The fraction of sp³-hybridized carbons (Fsp3) is 0.364. The number of nitrogens with zero attached hydrogens (tertiary/aromatic N) is 1. The van der Waals surface area contributed by atoms with E-state index in [9.17, 15) is 9.59 Å². The van der Waals surface area contributed by atoms with Crippen LogP contribution in [0.15, 0.2) is 48.5 Å². The smallest absolute Gasteiger partial charge is 0.279 e. The normalized spacial score (nSPS) is 11.6. The second-order valence-electron chi connectivity index (χ2n) is 7.21. The van der Waals surface area contributed by atoms with Crippen molar-refractivity contribution < 1.29 is 14.5 Å². The first-order valence-electron chi connectivity index (χ1n) is 9.61. The molecule has 28 heavy (non-hydrogen) atoms. The van der Waals surface area contributed by atoms with Gasteiger partial charge in [0.1, 0.15) is 0 Å². The Hall–Kier alpha value is -2.86. The molecule has 0 spiro atoms. The highest BCUT2D eigenvalue weighted by molar-refractivity contribution is 5.92. The summed E-state index contributed by atoms with van der Waals surface area (Å²) < 4.78 is 0. The van der Waals surface area contributed by atoms with Crippen LogP contribution in [0.4, 0.5) is 11.4 Å². The first-order valence-corrected chi connectivity index (χ1v) is 9.61. The molecule has 0 aliphatic rings. The minimum Gasteiger partial charge on any atom is -0.378 e. The SMILES string of the molecule is CCc1ccccc1NC(=O)C[NH+](C)CC(=O)NCc1ccc(N(C)C)cc1. The maximum atomic E-state index is 12.3. The average Bonchev–Trinajstić information content (AvgIpc) is 2.66. The van der Waals surface area contributed by atoms with E-state index in [-0.39, 0.29) is 24.9 Å². The van der Waals surface area contributed by atoms with E-state index >= 15 is 0 Å². The monoisotopic (exact) mass is 383 g/mol. The lowest BCUT2D eigenvalue weighted by molar-refractivity contribution is -0.862. The molecule has 2 aromatic rings. The van der Waals surface area contributed by atoms with E-state index < -0.39 is 0 Å². The van der Waals surface area contributed by atoms with Crippen molar-refractivity contribution in [3.8, 4) is 0 Å². The molecule has 0 aromatic heterocycles. The molecule has 6 heteroatoms.